The van der Waals surface area contributed by atoms with Crippen LogP contribution in [-0.4, -0.2) is 47.3 Å². The molecule has 7 nitrogen and oxygen atoms in total. The van der Waals surface area contributed by atoms with E-state index in [4.69, 9.17) is 0 Å². The molecule has 0 spiro atoms. The first-order valence-corrected chi connectivity index (χ1v) is 12.3. The molecule has 1 amide bonds. The molecule has 1 saturated heterocycles. The van der Waals surface area contributed by atoms with Crippen molar-refractivity contribution in [3.63, 3.8) is 0 Å². The number of nitrogens with zero attached hydrogens (tertiary/aromatic N) is 3. The van der Waals surface area contributed by atoms with Gasteiger partial charge >= 0.3 is 0 Å². The molecule has 4 aliphatic carbocycles. The van der Waals surface area contributed by atoms with Gasteiger partial charge in [-0.1, -0.05) is 6.58 Å². The van der Waals surface area contributed by atoms with Crippen molar-refractivity contribution in [1.82, 2.24) is 19.2 Å². The lowest BCUT2D eigenvalue weighted by Gasteiger charge is -2.54. The van der Waals surface area contributed by atoms with E-state index in [0.29, 0.717) is 43.8 Å². The van der Waals surface area contributed by atoms with Crippen LogP contribution in [0.5, 0.6) is 0 Å². The van der Waals surface area contributed by atoms with E-state index in [-0.39, 0.29) is 16.9 Å². The number of rotatable bonds is 5. The number of nitrogens with one attached hydrogen (secondary N) is 1. The molecule has 4 saturated carbocycles. The van der Waals surface area contributed by atoms with Crippen molar-refractivity contribution in [3.05, 3.63) is 19.1 Å². The maximum absolute atomic E-state index is 13.0. The minimum absolute atomic E-state index is 0.0360. The van der Waals surface area contributed by atoms with Gasteiger partial charge in [-0.3, -0.25) is 4.79 Å². The molecule has 1 aromatic heterocycles. The third-order valence-electron chi connectivity index (χ3n) is 7.75. The van der Waals surface area contributed by atoms with Crippen molar-refractivity contribution in [2.75, 3.05) is 13.1 Å². The molecule has 0 unspecified atom stereocenters. The number of piperidine rings is 1. The fourth-order valence-corrected chi connectivity index (χ4v) is 7.88. The summed E-state index contributed by atoms with van der Waals surface area (Å²) in [6, 6.07) is 0.347. The summed E-state index contributed by atoms with van der Waals surface area (Å²) in [5.41, 5.74) is 0. The quantitative estimate of drug-likeness (QED) is 0.795. The van der Waals surface area contributed by atoms with E-state index in [1.54, 1.807) is 0 Å². The lowest BCUT2D eigenvalue weighted by atomic mass is 9.54. The smallest absolute Gasteiger partial charge is 0.262 e. The predicted octanol–water partition coefficient (Wildman–Crippen LogP) is 2.33. The fourth-order valence-electron chi connectivity index (χ4n) is 6.48. The Kier molecular flexibility index (Phi) is 4.81. The highest BCUT2D eigenvalue weighted by Crippen LogP contribution is 2.53. The number of hydrogen-bond donors (Lipinski definition) is 1. The Morgan fingerprint density at radius 1 is 1.10 bits per heavy atom. The van der Waals surface area contributed by atoms with Crippen LogP contribution in [0.1, 0.15) is 44.9 Å². The van der Waals surface area contributed by atoms with E-state index in [1.165, 1.54) is 59.7 Å². The average Bonchev–Trinajstić information content (AvgIpc) is 3.20. The molecular formula is C21H30N4O3S. The number of sulfonamides is 1. The highest BCUT2D eigenvalue weighted by molar-refractivity contribution is 7.89. The van der Waals surface area contributed by atoms with E-state index < -0.39 is 10.0 Å². The van der Waals surface area contributed by atoms with Crippen LogP contribution in [0.15, 0.2) is 24.1 Å². The summed E-state index contributed by atoms with van der Waals surface area (Å²) in [6.45, 7) is 4.34. The molecule has 0 aromatic carbocycles. The van der Waals surface area contributed by atoms with E-state index in [2.05, 4.69) is 16.9 Å². The lowest BCUT2D eigenvalue weighted by molar-refractivity contribution is -0.130. The van der Waals surface area contributed by atoms with Crippen LogP contribution in [0.2, 0.25) is 0 Å². The molecule has 5 aliphatic rings. The van der Waals surface area contributed by atoms with Crippen LogP contribution in [0.4, 0.5) is 0 Å². The third-order valence-corrected chi connectivity index (χ3v) is 9.54. The molecule has 1 N–H and O–H groups in total. The van der Waals surface area contributed by atoms with Crippen molar-refractivity contribution in [3.8, 4) is 0 Å². The monoisotopic (exact) mass is 418 g/mol. The number of amides is 1. The van der Waals surface area contributed by atoms with Gasteiger partial charge in [0.15, 0.2) is 5.03 Å². The van der Waals surface area contributed by atoms with Gasteiger partial charge in [-0.25, -0.2) is 13.4 Å². The summed E-state index contributed by atoms with van der Waals surface area (Å²) < 4.78 is 28.6. The van der Waals surface area contributed by atoms with Crippen molar-refractivity contribution in [2.24, 2.45) is 29.6 Å². The summed E-state index contributed by atoms with van der Waals surface area (Å²) >= 11 is 0. The van der Waals surface area contributed by atoms with Gasteiger partial charge in [-0.15, -0.1) is 0 Å². The summed E-state index contributed by atoms with van der Waals surface area (Å²) in [7, 11) is -3.62. The van der Waals surface area contributed by atoms with Crippen LogP contribution < -0.4 is 5.32 Å². The summed E-state index contributed by atoms with van der Waals surface area (Å²) in [5.74, 6) is 3.15. The fraction of sp³-hybridized carbons (Fsp3) is 0.714. The SMILES string of the molecule is C=Cn1cnc(S(=O)(=O)N2CCC(C(=O)NC3C4CC5CC(C4)CC3C5)CC2)c1. The summed E-state index contributed by atoms with van der Waals surface area (Å²) in [4.78, 5) is 16.9. The minimum atomic E-state index is -3.62. The molecule has 8 heteroatoms. The molecule has 4 bridgehead atoms. The van der Waals surface area contributed by atoms with E-state index in [9.17, 15) is 13.2 Å². The van der Waals surface area contributed by atoms with Crippen molar-refractivity contribution >= 4 is 22.1 Å². The Balaban J connectivity index is 1.18. The standard InChI is InChI=1S/C21H30N4O3S/c1-2-24-12-19(22-13-24)29(27,28)25-5-3-16(4-6-25)21(26)23-20-17-8-14-7-15(10-17)11-18(20)9-14/h2,12-18,20H,1,3-11H2,(H,23,26). The zero-order valence-electron chi connectivity index (χ0n) is 16.7. The molecule has 1 aromatic rings. The Morgan fingerprint density at radius 3 is 2.28 bits per heavy atom. The number of aromatic nitrogens is 2. The highest BCUT2D eigenvalue weighted by Gasteiger charge is 2.49. The lowest BCUT2D eigenvalue weighted by Crippen LogP contribution is -2.57. The first kappa shape index (κ1) is 19.3. The molecule has 29 heavy (non-hydrogen) atoms. The molecular weight excluding hydrogens is 388 g/mol. The molecule has 0 radical (unpaired) electrons. The number of imidazole rings is 1. The van der Waals surface area contributed by atoms with Crippen LogP contribution in [0, 0.1) is 29.6 Å². The maximum Gasteiger partial charge on any atom is 0.262 e. The van der Waals surface area contributed by atoms with Gasteiger partial charge in [-0.2, -0.15) is 4.31 Å². The normalized spacial score (nSPS) is 35.0. The van der Waals surface area contributed by atoms with Crippen LogP contribution >= 0.6 is 0 Å². The van der Waals surface area contributed by atoms with Gasteiger partial charge in [0.05, 0.1) is 0 Å². The predicted molar refractivity (Wildman–Crippen MR) is 109 cm³/mol. The van der Waals surface area contributed by atoms with Crippen molar-refractivity contribution in [2.45, 2.75) is 56.0 Å². The largest absolute Gasteiger partial charge is 0.353 e. The van der Waals surface area contributed by atoms with Crippen LogP contribution in [-0.2, 0) is 14.8 Å². The van der Waals surface area contributed by atoms with E-state index in [0.717, 1.165) is 11.8 Å². The zero-order chi connectivity index (χ0) is 20.2. The summed E-state index contributed by atoms with van der Waals surface area (Å²) in [6.07, 6.45) is 12.1. The van der Waals surface area contributed by atoms with Gasteiger partial charge in [0, 0.05) is 37.4 Å². The zero-order valence-corrected chi connectivity index (χ0v) is 17.6. The number of carbonyl (C=O) groups is 1. The second-order valence-corrected chi connectivity index (χ2v) is 11.4. The Labute approximate surface area is 172 Å². The van der Waals surface area contributed by atoms with Gasteiger partial charge in [0.2, 0.25) is 5.91 Å². The van der Waals surface area contributed by atoms with Crippen molar-refractivity contribution < 1.29 is 13.2 Å². The van der Waals surface area contributed by atoms with Gasteiger partial charge < -0.3 is 9.88 Å². The Bertz CT molecular complexity index is 873. The number of hydrogen-bond acceptors (Lipinski definition) is 4. The highest BCUT2D eigenvalue weighted by atomic mass is 32.2. The molecule has 0 atom stereocenters. The summed E-state index contributed by atoms with van der Waals surface area (Å²) in [5, 5.41) is 3.43. The Morgan fingerprint density at radius 2 is 1.72 bits per heavy atom. The molecule has 2 heterocycles. The molecule has 1 aliphatic heterocycles. The third kappa shape index (κ3) is 3.44. The topological polar surface area (TPSA) is 84.3 Å². The van der Waals surface area contributed by atoms with Crippen LogP contribution in [0.25, 0.3) is 6.20 Å². The minimum Gasteiger partial charge on any atom is -0.353 e. The van der Waals surface area contributed by atoms with Crippen LogP contribution in [0.3, 0.4) is 0 Å². The first-order chi connectivity index (χ1) is 13.9. The maximum atomic E-state index is 13.0. The average molecular weight is 419 g/mol. The van der Waals surface area contributed by atoms with Gasteiger partial charge in [0.1, 0.15) is 6.33 Å². The van der Waals surface area contributed by atoms with E-state index >= 15 is 0 Å². The molecule has 6 rings (SSSR count). The van der Waals surface area contributed by atoms with E-state index in [1.807, 2.05) is 0 Å². The molecule has 5 fully saturated rings. The second-order valence-electron chi connectivity index (χ2n) is 9.49. The van der Waals surface area contributed by atoms with Crippen molar-refractivity contribution in [1.29, 1.82) is 0 Å². The molecule has 158 valence electrons. The Hall–Kier alpha value is -1.67. The van der Waals surface area contributed by atoms with Gasteiger partial charge in [-0.05, 0) is 68.6 Å². The number of carbonyl (C=O) groups excluding carboxylic acids is 1. The first-order valence-electron chi connectivity index (χ1n) is 10.9. The second kappa shape index (κ2) is 7.23. The van der Waals surface area contributed by atoms with Gasteiger partial charge in [0.25, 0.3) is 10.0 Å².